The van der Waals surface area contributed by atoms with E-state index in [0.717, 1.165) is 36.8 Å². The number of hydrogen-bond donors (Lipinski definition) is 2. The number of anilines is 3. The van der Waals surface area contributed by atoms with Gasteiger partial charge in [-0.25, -0.2) is 0 Å². The van der Waals surface area contributed by atoms with Gasteiger partial charge < -0.3 is 15.5 Å². The Morgan fingerprint density at radius 1 is 1.16 bits per heavy atom. The summed E-state index contributed by atoms with van der Waals surface area (Å²) in [4.78, 5) is 2.61. The largest absolute Gasteiger partial charge is 0.371 e. The molecule has 5 rings (SSSR count). The third kappa shape index (κ3) is 2.61. The van der Waals surface area contributed by atoms with Crippen molar-refractivity contribution in [1.82, 2.24) is 5.32 Å². The minimum Gasteiger partial charge on any atom is -0.371 e. The Labute approximate surface area is 158 Å². The van der Waals surface area contributed by atoms with Crippen LogP contribution in [0.1, 0.15) is 23.5 Å². The maximum atomic E-state index is 6.37. The first-order chi connectivity index (χ1) is 12.2. The van der Waals surface area contributed by atoms with Gasteiger partial charge in [-0.05, 0) is 54.2 Å². The van der Waals surface area contributed by atoms with Crippen molar-refractivity contribution in [1.29, 1.82) is 0 Å². The van der Waals surface area contributed by atoms with Crippen LogP contribution in [0.3, 0.4) is 0 Å². The summed E-state index contributed by atoms with van der Waals surface area (Å²) in [6.07, 6.45) is 2.39. The average Bonchev–Trinajstić information content (AvgIpc) is 3.08. The van der Waals surface area contributed by atoms with Gasteiger partial charge in [0.2, 0.25) is 0 Å². The van der Waals surface area contributed by atoms with Crippen molar-refractivity contribution >= 4 is 40.3 Å². The summed E-state index contributed by atoms with van der Waals surface area (Å²) in [5.41, 5.74) is 6.45. The van der Waals surface area contributed by atoms with Crippen LogP contribution in [0.4, 0.5) is 17.1 Å². The third-order valence-corrected chi connectivity index (χ3v) is 6.65. The van der Waals surface area contributed by atoms with E-state index < -0.39 is 0 Å². The topological polar surface area (TPSA) is 27.3 Å². The molecule has 0 amide bonds. The number of nitrogens with zero attached hydrogens (tertiary/aromatic N) is 1. The van der Waals surface area contributed by atoms with Gasteiger partial charge in [0.25, 0.3) is 0 Å². The number of nitrogens with one attached hydrogen (secondary N) is 2. The Bertz CT molecular complexity index is 836. The van der Waals surface area contributed by atoms with Gasteiger partial charge in [-0.15, -0.1) is 0 Å². The van der Waals surface area contributed by atoms with E-state index in [1.807, 2.05) is 18.2 Å². The Morgan fingerprint density at radius 2 is 2.08 bits per heavy atom. The fourth-order valence-corrected chi connectivity index (χ4v) is 5.08. The van der Waals surface area contributed by atoms with Crippen LogP contribution in [0.2, 0.25) is 10.0 Å². The van der Waals surface area contributed by atoms with E-state index in [2.05, 4.69) is 27.7 Å². The molecule has 25 heavy (non-hydrogen) atoms. The second-order valence-electron chi connectivity index (χ2n) is 7.37. The first-order valence-corrected chi connectivity index (χ1v) is 9.80. The van der Waals surface area contributed by atoms with Crippen LogP contribution in [-0.4, -0.2) is 26.2 Å². The summed E-state index contributed by atoms with van der Waals surface area (Å²) in [5, 5.41) is 8.25. The van der Waals surface area contributed by atoms with Crippen molar-refractivity contribution < 1.29 is 0 Å². The Kier molecular flexibility index (Phi) is 3.85. The van der Waals surface area contributed by atoms with Crippen molar-refractivity contribution in [3.05, 3.63) is 51.5 Å². The van der Waals surface area contributed by atoms with Crippen LogP contribution >= 0.6 is 23.2 Å². The minimum absolute atomic E-state index is 0.581. The number of rotatable bonds is 2. The molecule has 3 nitrogen and oxygen atoms in total. The van der Waals surface area contributed by atoms with Gasteiger partial charge in [0.1, 0.15) is 0 Å². The Balaban J connectivity index is 1.58. The molecule has 5 heteroatoms. The SMILES string of the molecule is Clc1cccc(Nc2cc3c4c(c2)[C@H]2CNC[C@@H]2CN4CCC3)c1Cl. The standard InChI is InChI=1S/C20H21Cl2N3/c21-17-4-1-5-18(19(17)22)24-14-7-12-3-2-6-25-11-13-9-23-10-16(13)15(8-14)20(12)25/h1,4-5,7-8,13,16,23-24H,2-3,6,9-11H2/t13-,16+/m1/s1. The number of fused-ring (bicyclic) bond motifs is 2. The number of aryl methyl sites for hydroxylation is 1. The summed E-state index contributed by atoms with van der Waals surface area (Å²) in [7, 11) is 0. The molecule has 0 spiro atoms. The van der Waals surface area contributed by atoms with Crippen LogP contribution < -0.4 is 15.5 Å². The minimum atomic E-state index is 0.581. The lowest BCUT2D eigenvalue weighted by Crippen LogP contribution is -2.41. The van der Waals surface area contributed by atoms with Gasteiger partial charge in [-0.2, -0.15) is 0 Å². The number of hydrogen-bond acceptors (Lipinski definition) is 3. The highest BCUT2D eigenvalue weighted by molar-refractivity contribution is 6.43. The summed E-state index contributed by atoms with van der Waals surface area (Å²) in [5.74, 6) is 1.35. The maximum absolute atomic E-state index is 6.37. The summed E-state index contributed by atoms with van der Waals surface area (Å²) >= 11 is 12.5. The zero-order valence-electron chi connectivity index (χ0n) is 14.0. The van der Waals surface area contributed by atoms with Crippen molar-refractivity contribution in [2.75, 3.05) is 36.4 Å². The van der Waals surface area contributed by atoms with E-state index in [-0.39, 0.29) is 0 Å². The van der Waals surface area contributed by atoms with Crippen molar-refractivity contribution in [3.8, 4) is 0 Å². The van der Waals surface area contributed by atoms with Gasteiger partial charge in [-0.3, -0.25) is 0 Å². The third-order valence-electron chi connectivity index (χ3n) is 5.83. The summed E-state index contributed by atoms with van der Waals surface area (Å²) < 4.78 is 0. The fourth-order valence-electron chi connectivity index (χ4n) is 4.73. The van der Waals surface area contributed by atoms with Crippen LogP contribution in [0.25, 0.3) is 0 Å². The van der Waals surface area contributed by atoms with E-state index in [1.54, 1.807) is 0 Å². The van der Waals surface area contributed by atoms with E-state index in [9.17, 15) is 0 Å². The predicted octanol–water partition coefficient (Wildman–Crippen LogP) is 4.81. The highest BCUT2D eigenvalue weighted by Crippen LogP contribution is 2.46. The van der Waals surface area contributed by atoms with Crippen molar-refractivity contribution in [2.45, 2.75) is 18.8 Å². The monoisotopic (exact) mass is 373 g/mol. The van der Waals surface area contributed by atoms with Crippen LogP contribution in [0.15, 0.2) is 30.3 Å². The van der Waals surface area contributed by atoms with E-state index >= 15 is 0 Å². The molecule has 1 fully saturated rings. The highest BCUT2D eigenvalue weighted by Gasteiger charge is 2.38. The normalized spacial score (nSPS) is 24.0. The average molecular weight is 374 g/mol. The molecule has 2 aromatic carbocycles. The second-order valence-corrected chi connectivity index (χ2v) is 8.16. The molecular weight excluding hydrogens is 353 g/mol. The molecule has 130 valence electrons. The van der Waals surface area contributed by atoms with Gasteiger partial charge in [-0.1, -0.05) is 29.3 Å². The maximum Gasteiger partial charge on any atom is 0.0827 e. The molecule has 0 aromatic heterocycles. The molecule has 0 unspecified atom stereocenters. The van der Waals surface area contributed by atoms with Gasteiger partial charge >= 0.3 is 0 Å². The van der Waals surface area contributed by atoms with Crippen LogP contribution in [0, 0.1) is 5.92 Å². The molecule has 3 aliphatic rings. The fraction of sp³-hybridized carbons (Fsp3) is 0.400. The van der Waals surface area contributed by atoms with Crippen molar-refractivity contribution in [3.63, 3.8) is 0 Å². The van der Waals surface area contributed by atoms with Crippen molar-refractivity contribution in [2.24, 2.45) is 5.92 Å². The molecule has 0 bridgehead atoms. The zero-order valence-corrected chi connectivity index (χ0v) is 15.5. The lowest BCUT2D eigenvalue weighted by atomic mass is 9.80. The first kappa shape index (κ1) is 15.8. The first-order valence-electron chi connectivity index (χ1n) is 9.04. The van der Waals surface area contributed by atoms with Gasteiger partial charge in [0.15, 0.2) is 0 Å². The molecular formula is C20H21Cl2N3. The summed E-state index contributed by atoms with van der Waals surface area (Å²) in [6.45, 7) is 4.61. The quantitative estimate of drug-likeness (QED) is 0.790. The number of halogens is 2. The lowest BCUT2D eigenvalue weighted by molar-refractivity contribution is 0.470. The second kappa shape index (κ2) is 6.08. The molecule has 3 heterocycles. The van der Waals surface area contributed by atoms with E-state index in [0.29, 0.717) is 16.0 Å². The van der Waals surface area contributed by atoms with E-state index in [4.69, 9.17) is 23.2 Å². The van der Waals surface area contributed by atoms with Crippen LogP contribution in [-0.2, 0) is 6.42 Å². The molecule has 2 atom stereocenters. The molecule has 3 aliphatic heterocycles. The van der Waals surface area contributed by atoms with E-state index in [1.165, 1.54) is 36.3 Å². The molecule has 0 saturated carbocycles. The van der Waals surface area contributed by atoms with Gasteiger partial charge in [0, 0.05) is 43.5 Å². The van der Waals surface area contributed by atoms with Crippen LogP contribution in [0.5, 0.6) is 0 Å². The Hall–Kier alpha value is -1.42. The van der Waals surface area contributed by atoms with Gasteiger partial charge in [0.05, 0.1) is 15.7 Å². The molecule has 0 aliphatic carbocycles. The smallest absolute Gasteiger partial charge is 0.0827 e. The highest BCUT2D eigenvalue weighted by atomic mass is 35.5. The number of benzene rings is 2. The lowest BCUT2D eigenvalue weighted by Gasteiger charge is -2.42. The molecule has 1 saturated heterocycles. The predicted molar refractivity (Wildman–Crippen MR) is 106 cm³/mol. The molecule has 2 N–H and O–H groups in total. The molecule has 2 aromatic rings. The molecule has 0 radical (unpaired) electrons. The zero-order chi connectivity index (χ0) is 17.0. The summed E-state index contributed by atoms with van der Waals surface area (Å²) in [6, 6.07) is 10.4. The Morgan fingerprint density at radius 3 is 3.00 bits per heavy atom.